The largest absolute Gasteiger partial charge is 0.423 e. The number of anilines is 1. The molecular weight excluding hydrogens is 258 g/mol. The van der Waals surface area contributed by atoms with Gasteiger partial charge in [-0.3, -0.25) is 4.79 Å². The number of ether oxygens (including phenoxy) is 1. The molecule has 6 heteroatoms. The number of rotatable bonds is 2. The summed E-state index contributed by atoms with van der Waals surface area (Å²) < 4.78 is 11.1. The molecule has 20 heavy (non-hydrogen) atoms. The van der Waals surface area contributed by atoms with E-state index in [1.807, 2.05) is 0 Å². The quantitative estimate of drug-likeness (QED) is 0.887. The summed E-state index contributed by atoms with van der Waals surface area (Å²) >= 11 is 0. The molecule has 2 aliphatic rings. The molecule has 2 aromatic rings. The summed E-state index contributed by atoms with van der Waals surface area (Å²) in [5, 5.41) is 0. The first-order valence-corrected chi connectivity index (χ1v) is 6.69. The van der Waals surface area contributed by atoms with Crippen LogP contribution in [0.1, 0.15) is 16.8 Å². The van der Waals surface area contributed by atoms with E-state index in [-0.39, 0.29) is 5.41 Å². The minimum Gasteiger partial charge on any atom is -0.423 e. The van der Waals surface area contributed by atoms with E-state index in [9.17, 15) is 4.79 Å². The third-order valence-electron chi connectivity index (χ3n) is 4.20. The molecule has 2 saturated heterocycles. The number of hydrogen-bond acceptors (Lipinski definition) is 5. The molecule has 3 heterocycles. The van der Waals surface area contributed by atoms with Crippen molar-refractivity contribution in [3.8, 4) is 0 Å². The van der Waals surface area contributed by atoms with Gasteiger partial charge in [0.2, 0.25) is 0 Å². The van der Waals surface area contributed by atoms with Crippen LogP contribution in [-0.2, 0) is 4.74 Å². The summed E-state index contributed by atoms with van der Waals surface area (Å²) in [5.41, 5.74) is 7.18. The van der Waals surface area contributed by atoms with E-state index in [0.29, 0.717) is 22.7 Å². The summed E-state index contributed by atoms with van der Waals surface area (Å²) in [7, 11) is 0. The topological polar surface area (TPSA) is 81.6 Å². The van der Waals surface area contributed by atoms with Gasteiger partial charge in [0.1, 0.15) is 5.52 Å². The molecule has 0 bridgehead atoms. The second-order valence-electron chi connectivity index (χ2n) is 5.68. The van der Waals surface area contributed by atoms with Gasteiger partial charge < -0.3 is 19.8 Å². The Hall–Kier alpha value is -2.08. The lowest BCUT2D eigenvalue weighted by atomic mass is 9.85. The van der Waals surface area contributed by atoms with Crippen molar-refractivity contribution in [1.29, 1.82) is 0 Å². The summed E-state index contributed by atoms with van der Waals surface area (Å²) in [5.74, 6) is -0.485. The fourth-order valence-electron chi connectivity index (χ4n) is 3.00. The minimum atomic E-state index is -0.485. The van der Waals surface area contributed by atoms with Crippen LogP contribution in [0.4, 0.5) is 6.01 Å². The zero-order chi connectivity index (χ0) is 13.7. The number of nitrogens with zero attached hydrogens (tertiary/aromatic N) is 2. The van der Waals surface area contributed by atoms with E-state index in [1.165, 1.54) is 0 Å². The zero-order valence-electron chi connectivity index (χ0n) is 11.0. The molecule has 0 atom stereocenters. The van der Waals surface area contributed by atoms with Gasteiger partial charge in [0.15, 0.2) is 5.58 Å². The summed E-state index contributed by atoms with van der Waals surface area (Å²) in [4.78, 5) is 18.0. The van der Waals surface area contributed by atoms with Crippen molar-refractivity contribution in [3.63, 3.8) is 0 Å². The molecule has 0 aliphatic carbocycles. The zero-order valence-corrected chi connectivity index (χ0v) is 11.0. The van der Waals surface area contributed by atoms with Crippen LogP contribution >= 0.6 is 0 Å². The van der Waals surface area contributed by atoms with Crippen molar-refractivity contribution in [2.75, 3.05) is 31.2 Å². The smallest absolute Gasteiger partial charge is 0.298 e. The maximum atomic E-state index is 11.4. The SMILES string of the molecule is NC(=O)c1cccc2oc(N3CCC4(COC4)C3)nc12. The third-order valence-corrected chi connectivity index (χ3v) is 4.20. The molecular formula is C14H15N3O3. The van der Waals surface area contributed by atoms with Crippen LogP contribution in [0.5, 0.6) is 0 Å². The lowest BCUT2D eigenvalue weighted by molar-refractivity contribution is -0.0986. The standard InChI is InChI=1S/C14H15N3O3/c15-12(18)9-2-1-3-10-11(9)16-13(20-10)17-5-4-14(6-17)7-19-8-14/h1-3H,4-8H2,(H2,15,18). The van der Waals surface area contributed by atoms with Gasteiger partial charge in [0, 0.05) is 18.5 Å². The number of primary amides is 1. The molecule has 0 saturated carbocycles. The van der Waals surface area contributed by atoms with Crippen LogP contribution in [0.3, 0.4) is 0 Å². The van der Waals surface area contributed by atoms with E-state index in [4.69, 9.17) is 14.9 Å². The first-order valence-electron chi connectivity index (χ1n) is 6.69. The molecule has 1 aromatic heterocycles. The Kier molecular flexibility index (Phi) is 2.32. The van der Waals surface area contributed by atoms with E-state index in [0.717, 1.165) is 32.7 Å². The number of nitrogens with two attached hydrogens (primary N) is 1. The number of carbonyl (C=O) groups excluding carboxylic acids is 1. The maximum absolute atomic E-state index is 11.4. The predicted molar refractivity (Wildman–Crippen MR) is 72.6 cm³/mol. The number of hydrogen-bond donors (Lipinski definition) is 1. The van der Waals surface area contributed by atoms with Crippen LogP contribution in [0.2, 0.25) is 0 Å². The van der Waals surface area contributed by atoms with Crippen molar-refractivity contribution in [2.24, 2.45) is 11.1 Å². The fourth-order valence-corrected chi connectivity index (χ4v) is 3.00. The van der Waals surface area contributed by atoms with Crippen molar-refractivity contribution in [2.45, 2.75) is 6.42 Å². The van der Waals surface area contributed by atoms with E-state index >= 15 is 0 Å². The molecule has 1 amide bonds. The number of fused-ring (bicyclic) bond motifs is 1. The molecule has 6 nitrogen and oxygen atoms in total. The lowest BCUT2D eigenvalue weighted by Crippen LogP contribution is -2.44. The van der Waals surface area contributed by atoms with Gasteiger partial charge in [-0.05, 0) is 18.6 Å². The van der Waals surface area contributed by atoms with Crippen molar-refractivity contribution in [3.05, 3.63) is 23.8 Å². The Morgan fingerprint density at radius 3 is 2.90 bits per heavy atom. The van der Waals surface area contributed by atoms with Gasteiger partial charge in [-0.25, -0.2) is 0 Å². The molecule has 2 aliphatic heterocycles. The monoisotopic (exact) mass is 273 g/mol. The first kappa shape index (κ1) is 11.7. The van der Waals surface area contributed by atoms with E-state index < -0.39 is 5.91 Å². The second-order valence-corrected chi connectivity index (χ2v) is 5.68. The van der Waals surface area contributed by atoms with Crippen LogP contribution in [-0.4, -0.2) is 37.2 Å². The molecule has 1 aromatic carbocycles. The van der Waals surface area contributed by atoms with E-state index in [2.05, 4.69) is 9.88 Å². The predicted octanol–water partition coefficient (Wildman–Crippen LogP) is 1.15. The number of aromatic nitrogens is 1. The maximum Gasteiger partial charge on any atom is 0.298 e. The van der Waals surface area contributed by atoms with Crippen LogP contribution < -0.4 is 10.6 Å². The summed E-state index contributed by atoms with van der Waals surface area (Å²) in [6.45, 7) is 3.43. The number of oxazole rings is 1. The van der Waals surface area contributed by atoms with Gasteiger partial charge in [-0.2, -0.15) is 4.98 Å². The van der Waals surface area contributed by atoms with Crippen LogP contribution in [0.25, 0.3) is 11.1 Å². The van der Waals surface area contributed by atoms with Gasteiger partial charge in [-0.1, -0.05) is 6.07 Å². The van der Waals surface area contributed by atoms with Crippen LogP contribution in [0, 0.1) is 5.41 Å². The summed E-state index contributed by atoms with van der Waals surface area (Å²) in [6.07, 6.45) is 1.09. The molecule has 0 unspecified atom stereocenters. The highest BCUT2D eigenvalue weighted by molar-refractivity contribution is 6.03. The Balaban J connectivity index is 1.71. The van der Waals surface area contributed by atoms with Crippen molar-refractivity contribution >= 4 is 23.0 Å². The van der Waals surface area contributed by atoms with Crippen LogP contribution in [0.15, 0.2) is 22.6 Å². The fraction of sp³-hybridized carbons (Fsp3) is 0.429. The minimum absolute atomic E-state index is 0.271. The Morgan fingerprint density at radius 1 is 1.40 bits per heavy atom. The molecule has 2 fully saturated rings. The molecule has 2 N–H and O–H groups in total. The van der Waals surface area contributed by atoms with Gasteiger partial charge >= 0.3 is 0 Å². The normalized spacial score (nSPS) is 20.5. The van der Waals surface area contributed by atoms with E-state index in [1.54, 1.807) is 18.2 Å². The number of amides is 1. The highest BCUT2D eigenvalue weighted by Crippen LogP contribution is 2.39. The second kappa shape index (κ2) is 3.96. The average molecular weight is 273 g/mol. The van der Waals surface area contributed by atoms with Crippen molar-refractivity contribution < 1.29 is 13.9 Å². The van der Waals surface area contributed by atoms with Gasteiger partial charge in [0.25, 0.3) is 11.9 Å². The molecule has 4 rings (SSSR count). The Morgan fingerprint density at radius 2 is 2.25 bits per heavy atom. The lowest BCUT2D eigenvalue weighted by Gasteiger charge is -2.37. The van der Waals surface area contributed by atoms with Gasteiger partial charge in [0.05, 0.1) is 18.8 Å². The Bertz CT molecular complexity index is 690. The van der Waals surface area contributed by atoms with Gasteiger partial charge in [-0.15, -0.1) is 0 Å². The number of carbonyl (C=O) groups is 1. The van der Waals surface area contributed by atoms with Crippen molar-refractivity contribution in [1.82, 2.24) is 4.98 Å². The average Bonchev–Trinajstić information content (AvgIpc) is 3.01. The third kappa shape index (κ3) is 1.61. The first-order chi connectivity index (χ1) is 9.67. The molecule has 1 spiro atoms. The highest BCUT2D eigenvalue weighted by Gasteiger charge is 2.45. The Labute approximate surface area is 115 Å². The summed E-state index contributed by atoms with van der Waals surface area (Å²) in [6, 6.07) is 5.79. The highest BCUT2D eigenvalue weighted by atomic mass is 16.5. The number of benzene rings is 1. The molecule has 104 valence electrons. The number of para-hydroxylation sites is 1. The molecule has 0 radical (unpaired) electrons.